The summed E-state index contributed by atoms with van der Waals surface area (Å²) in [6.07, 6.45) is 2.03. The largest absolute Gasteiger partial charge is 0.481 e. The molecule has 0 radical (unpaired) electrons. The van der Waals surface area contributed by atoms with Crippen molar-refractivity contribution in [2.45, 2.75) is 32.2 Å². The molecule has 19 heavy (non-hydrogen) atoms. The minimum atomic E-state index is -0.856. The summed E-state index contributed by atoms with van der Waals surface area (Å²) in [6, 6.07) is 0.284. The van der Waals surface area contributed by atoms with E-state index < -0.39 is 11.9 Å². The van der Waals surface area contributed by atoms with Crippen molar-refractivity contribution in [3.63, 3.8) is 0 Å². The number of anilines is 1. The second kappa shape index (κ2) is 4.91. The highest BCUT2D eigenvalue weighted by Gasteiger charge is 2.34. The zero-order valence-electron chi connectivity index (χ0n) is 11.1. The number of aryl methyl sites for hydroxylation is 2. The number of amides is 1. The van der Waals surface area contributed by atoms with E-state index in [0.717, 1.165) is 12.8 Å². The molecule has 1 aromatic heterocycles. The lowest BCUT2D eigenvalue weighted by Gasteiger charge is -2.24. The number of carboxylic acids is 1. The fraction of sp³-hybridized carbons (Fsp3) is 0.583. The van der Waals surface area contributed by atoms with Crippen LogP contribution in [-0.2, 0) is 11.8 Å². The van der Waals surface area contributed by atoms with Gasteiger partial charge in [0.25, 0.3) is 5.91 Å². The van der Waals surface area contributed by atoms with Gasteiger partial charge in [0.2, 0.25) is 0 Å². The Labute approximate surface area is 111 Å². The van der Waals surface area contributed by atoms with Crippen molar-refractivity contribution in [2.24, 2.45) is 12.8 Å². The van der Waals surface area contributed by atoms with Gasteiger partial charge in [0.1, 0.15) is 11.4 Å². The van der Waals surface area contributed by atoms with Gasteiger partial charge in [-0.05, 0) is 19.8 Å². The molecule has 0 aliphatic heterocycles. The lowest BCUT2D eigenvalue weighted by atomic mass is 10.2. The number of carbonyl (C=O) groups is 2. The van der Waals surface area contributed by atoms with E-state index in [4.69, 9.17) is 10.8 Å². The van der Waals surface area contributed by atoms with Crippen LogP contribution in [0.5, 0.6) is 0 Å². The summed E-state index contributed by atoms with van der Waals surface area (Å²) in [6.45, 7) is 2.09. The van der Waals surface area contributed by atoms with Crippen molar-refractivity contribution in [1.29, 1.82) is 0 Å². The first-order valence-electron chi connectivity index (χ1n) is 6.23. The third-order valence-corrected chi connectivity index (χ3v) is 3.26. The molecule has 1 heterocycles. The predicted octanol–water partition coefficient (Wildman–Crippen LogP) is 0.271. The van der Waals surface area contributed by atoms with Crippen LogP contribution in [0.25, 0.3) is 0 Å². The van der Waals surface area contributed by atoms with Crippen LogP contribution < -0.4 is 10.6 Å². The van der Waals surface area contributed by atoms with Crippen molar-refractivity contribution in [1.82, 2.24) is 9.78 Å². The number of nitrogens with two attached hydrogens (primary N) is 1. The molecule has 1 fully saturated rings. The third-order valence-electron chi connectivity index (χ3n) is 3.26. The summed E-state index contributed by atoms with van der Waals surface area (Å²) in [4.78, 5) is 24.3. The lowest BCUT2D eigenvalue weighted by molar-refractivity contribution is -0.136. The smallest absolute Gasteiger partial charge is 0.305 e. The van der Waals surface area contributed by atoms with E-state index in [0.29, 0.717) is 23.6 Å². The molecule has 7 heteroatoms. The molecule has 1 aliphatic rings. The van der Waals surface area contributed by atoms with E-state index in [1.54, 1.807) is 18.7 Å². The zero-order chi connectivity index (χ0) is 14.2. The molecule has 104 valence electrons. The molecule has 0 unspecified atom stereocenters. The molecular weight excluding hydrogens is 248 g/mol. The minimum Gasteiger partial charge on any atom is -0.481 e. The first kappa shape index (κ1) is 13.4. The molecule has 7 nitrogen and oxygen atoms in total. The van der Waals surface area contributed by atoms with Crippen LogP contribution in [0, 0.1) is 6.92 Å². The number of hydrogen-bond donors (Lipinski definition) is 2. The second-order valence-electron chi connectivity index (χ2n) is 4.84. The molecular formula is C12H18N4O3. The van der Waals surface area contributed by atoms with Crippen molar-refractivity contribution in [3.05, 3.63) is 11.3 Å². The normalized spacial score (nSPS) is 14.4. The average Bonchev–Trinajstić information content (AvgIpc) is 3.06. The SMILES string of the molecule is Cc1nn(C)c(N(CCC(=O)O)C2CC2)c1C(N)=O. The Morgan fingerprint density at radius 2 is 2.16 bits per heavy atom. The Bertz CT molecular complexity index is 519. The number of carboxylic acid groups (broad SMARTS) is 1. The molecule has 0 bridgehead atoms. The van der Waals surface area contributed by atoms with Crippen LogP contribution in [0.1, 0.15) is 35.3 Å². The highest BCUT2D eigenvalue weighted by atomic mass is 16.4. The van der Waals surface area contributed by atoms with Gasteiger partial charge in [-0.3, -0.25) is 14.3 Å². The lowest BCUT2D eigenvalue weighted by Crippen LogP contribution is -2.32. The topological polar surface area (TPSA) is 101 Å². The average molecular weight is 266 g/mol. The van der Waals surface area contributed by atoms with Gasteiger partial charge in [0.15, 0.2) is 0 Å². The number of carbonyl (C=O) groups excluding carboxylic acids is 1. The van der Waals surface area contributed by atoms with Gasteiger partial charge in [0.05, 0.1) is 12.1 Å². The molecule has 3 N–H and O–H groups in total. The van der Waals surface area contributed by atoms with E-state index in [1.165, 1.54) is 0 Å². The van der Waals surface area contributed by atoms with E-state index in [1.807, 2.05) is 4.90 Å². The highest BCUT2D eigenvalue weighted by molar-refractivity contribution is 5.99. The molecule has 0 atom stereocenters. The number of nitrogens with zero attached hydrogens (tertiary/aromatic N) is 3. The molecule has 2 rings (SSSR count). The maximum atomic E-state index is 11.6. The predicted molar refractivity (Wildman–Crippen MR) is 69.1 cm³/mol. The fourth-order valence-electron chi connectivity index (χ4n) is 2.33. The number of aliphatic carboxylic acids is 1. The summed E-state index contributed by atoms with van der Waals surface area (Å²) in [5.74, 6) is -0.750. The van der Waals surface area contributed by atoms with Crippen LogP contribution in [0.15, 0.2) is 0 Å². The van der Waals surface area contributed by atoms with Crippen molar-refractivity contribution in [2.75, 3.05) is 11.4 Å². The van der Waals surface area contributed by atoms with Crippen LogP contribution in [-0.4, -0.2) is 39.4 Å². The quantitative estimate of drug-likeness (QED) is 0.769. The Morgan fingerprint density at radius 3 is 2.63 bits per heavy atom. The van der Waals surface area contributed by atoms with Crippen molar-refractivity contribution >= 4 is 17.7 Å². The maximum absolute atomic E-state index is 11.6. The van der Waals surface area contributed by atoms with Gasteiger partial charge in [-0.25, -0.2) is 0 Å². The van der Waals surface area contributed by atoms with Gasteiger partial charge < -0.3 is 15.7 Å². The van der Waals surface area contributed by atoms with Gasteiger partial charge in [0, 0.05) is 19.6 Å². The Hall–Kier alpha value is -2.05. The summed E-state index contributed by atoms with van der Waals surface area (Å²) in [5, 5.41) is 13.0. The molecule has 1 aliphatic carbocycles. The standard InChI is InChI=1S/C12H18N4O3/c1-7-10(11(13)19)12(15(2)14-7)16(8-3-4-8)6-5-9(17)18/h8H,3-6H2,1-2H3,(H2,13,19)(H,17,18). The van der Waals surface area contributed by atoms with E-state index >= 15 is 0 Å². The molecule has 1 amide bonds. The third kappa shape index (κ3) is 2.69. The molecule has 1 aromatic rings. The van der Waals surface area contributed by atoms with E-state index in [-0.39, 0.29) is 12.5 Å². The fourth-order valence-corrected chi connectivity index (χ4v) is 2.33. The minimum absolute atomic E-state index is 0.0267. The molecule has 0 spiro atoms. The van der Waals surface area contributed by atoms with Crippen LogP contribution in [0.2, 0.25) is 0 Å². The van der Waals surface area contributed by atoms with Gasteiger partial charge >= 0.3 is 5.97 Å². The van der Waals surface area contributed by atoms with E-state index in [9.17, 15) is 9.59 Å². The summed E-state index contributed by atoms with van der Waals surface area (Å²) < 4.78 is 1.61. The Morgan fingerprint density at radius 1 is 1.53 bits per heavy atom. The molecule has 1 saturated carbocycles. The summed E-state index contributed by atoms with van der Waals surface area (Å²) in [5.41, 5.74) is 6.37. The second-order valence-corrected chi connectivity index (χ2v) is 4.84. The summed E-state index contributed by atoms with van der Waals surface area (Å²) in [7, 11) is 1.74. The number of hydrogen-bond acceptors (Lipinski definition) is 4. The number of rotatable bonds is 6. The maximum Gasteiger partial charge on any atom is 0.305 e. The van der Waals surface area contributed by atoms with Crippen LogP contribution in [0.3, 0.4) is 0 Å². The first-order valence-corrected chi connectivity index (χ1v) is 6.23. The molecule has 0 aromatic carbocycles. The zero-order valence-corrected chi connectivity index (χ0v) is 11.1. The van der Waals surface area contributed by atoms with Gasteiger partial charge in [-0.1, -0.05) is 0 Å². The van der Waals surface area contributed by atoms with Gasteiger partial charge in [-0.15, -0.1) is 0 Å². The number of aromatic nitrogens is 2. The monoisotopic (exact) mass is 266 g/mol. The van der Waals surface area contributed by atoms with Gasteiger partial charge in [-0.2, -0.15) is 5.10 Å². The molecule has 0 saturated heterocycles. The Balaban J connectivity index is 2.35. The summed E-state index contributed by atoms with van der Waals surface area (Å²) >= 11 is 0. The van der Waals surface area contributed by atoms with Crippen molar-refractivity contribution in [3.8, 4) is 0 Å². The van der Waals surface area contributed by atoms with Crippen LogP contribution in [0.4, 0.5) is 5.82 Å². The van der Waals surface area contributed by atoms with Crippen LogP contribution >= 0.6 is 0 Å². The Kier molecular flexibility index (Phi) is 3.46. The highest BCUT2D eigenvalue weighted by Crippen LogP contribution is 2.34. The number of primary amides is 1. The first-order chi connectivity index (χ1) is 8.91. The van der Waals surface area contributed by atoms with E-state index in [2.05, 4.69) is 5.10 Å². The van der Waals surface area contributed by atoms with Crippen molar-refractivity contribution < 1.29 is 14.7 Å².